The lowest BCUT2D eigenvalue weighted by molar-refractivity contribution is -0.149. The quantitative estimate of drug-likeness (QED) is 0.583. The van der Waals surface area contributed by atoms with Crippen molar-refractivity contribution < 1.29 is 19.7 Å². The average Bonchev–Trinajstić information content (AvgIpc) is 2.66. The van der Waals surface area contributed by atoms with Gasteiger partial charge in [0.15, 0.2) is 5.72 Å². The summed E-state index contributed by atoms with van der Waals surface area (Å²) in [6.07, 6.45) is -0.349. The zero-order valence-electron chi connectivity index (χ0n) is 10.4. The summed E-state index contributed by atoms with van der Waals surface area (Å²) in [5, 5.41) is 19.0. The van der Waals surface area contributed by atoms with Crippen LogP contribution in [0.2, 0.25) is 0 Å². The lowest BCUT2D eigenvalue weighted by atomic mass is 10.1. The minimum atomic E-state index is -1.23. The second-order valence-corrected chi connectivity index (χ2v) is 4.47. The van der Waals surface area contributed by atoms with Crippen molar-refractivity contribution in [2.45, 2.75) is 24.4 Å². The summed E-state index contributed by atoms with van der Waals surface area (Å²) in [6.45, 7) is -0.364. The molecule has 106 valence electrons. The van der Waals surface area contributed by atoms with Gasteiger partial charge in [-0.3, -0.25) is 14.3 Å². The van der Waals surface area contributed by atoms with E-state index in [0.717, 1.165) is 4.57 Å². The molecule has 1 aliphatic rings. The Kier molecular flexibility index (Phi) is 3.85. The number of H-pyrrole nitrogens is 1. The van der Waals surface area contributed by atoms with Gasteiger partial charge in [-0.1, -0.05) is 0 Å². The summed E-state index contributed by atoms with van der Waals surface area (Å²) in [6, 6.07) is 1.18. The Morgan fingerprint density at radius 1 is 1.63 bits per heavy atom. The largest absolute Gasteiger partial charge is 0.394 e. The molecule has 1 aromatic rings. The number of hydrogen-bond donors (Lipinski definition) is 3. The number of aromatic nitrogens is 2. The van der Waals surface area contributed by atoms with Gasteiger partial charge < -0.3 is 19.7 Å². The van der Waals surface area contributed by atoms with Gasteiger partial charge in [0.05, 0.1) is 19.3 Å². The van der Waals surface area contributed by atoms with Gasteiger partial charge in [0, 0.05) is 25.8 Å². The van der Waals surface area contributed by atoms with E-state index in [4.69, 9.17) is 14.6 Å². The van der Waals surface area contributed by atoms with Crippen LogP contribution in [0, 0.1) is 0 Å². The number of aliphatic hydroxyl groups is 2. The van der Waals surface area contributed by atoms with E-state index >= 15 is 0 Å². The van der Waals surface area contributed by atoms with Crippen molar-refractivity contribution >= 4 is 0 Å². The molecule has 3 atom stereocenters. The number of ether oxygens (including phenoxy) is 2. The van der Waals surface area contributed by atoms with Crippen molar-refractivity contribution in [3.8, 4) is 0 Å². The molecule has 1 aliphatic heterocycles. The third kappa shape index (κ3) is 2.47. The minimum Gasteiger partial charge on any atom is -0.394 e. The van der Waals surface area contributed by atoms with Crippen molar-refractivity contribution in [1.29, 1.82) is 0 Å². The second kappa shape index (κ2) is 5.25. The summed E-state index contributed by atoms with van der Waals surface area (Å²) >= 11 is 0. The highest BCUT2D eigenvalue weighted by atomic mass is 16.6. The molecule has 2 heterocycles. The smallest absolute Gasteiger partial charge is 0.330 e. The van der Waals surface area contributed by atoms with Crippen LogP contribution in [0.15, 0.2) is 21.9 Å². The summed E-state index contributed by atoms with van der Waals surface area (Å²) in [5.41, 5.74) is -2.41. The molecule has 2 rings (SSSR count). The first kappa shape index (κ1) is 13.9. The zero-order valence-corrected chi connectivity index (χ0v) is 10.4. The third-order valence-corrected chi connectivity index (χ3v) is 3.14. The number of nitrogens with one attached hydrogen (secondary N) is 1. The predicted molar refractivity (Wildman–Crippen MR) is 63.8 cm³/mol. The molecule has 0 aromatic carbocycles. The zero-order chi connectivity index (χ0) is 14.0. The van der Waals surface area contributed by atoms with Gasteiger partial charge in [0.2, 0.25) is 0 Å². The predicted octanol–water partition coefficient (Wildman–Crippen LogP) is -2.02. The van der Waals surface area contributed by atoms with E-state index in [0.29, 0.717) is 0 Å². The number of aromatic amines is 1. The third-order valence-electron chi connectivity index (χ3n) is 3.14. The number of aliphatic hydroxyl groups excluding tert-OH is 2. The number of nitrogens with zero attached hydrogens (tertiary/aromatic N) is 1. The van der Waals surface area contributed by atoms with Crippen LogP contribution in [-0.2, 0) is 15.2 Å². The standard InChI is InChI=1S/C11H16N2O6/c1-18-6-11(4-7(15)8(5-14)19-11)13-3-2-9(16)12-10(13)17/h2-3,7-8,14-15H,4-6H2,1H3,(H,12,16,17)/t7-,8+,11-/m0/s1. The van der Waals surface area contributed by atoms with E-state index in [1.54, 1.807) is 0 Å². The molecule has 0 radical (unpaired) electrons. The van der Waals surface area contributed by atoms with Crippen LogP contribution in [0.1, 0.15) is 6.42 Å². The van der Waals surface area contributed by atoms with Crippen LogP contribution in [0.4, 0.5) is 0 Å². The van der Waals surface area contributed by atoms with Gasteiger partial charge >= 0.3 is 5.69 Å². The maximum absolute atomic E-state index is 11.8. The van der Waals surface area contributed by atoms with Gasteiger partial charge in [-0.05, 0) is 0 Å². The highest BCUT2D eigenvalue weighted by Gasteiger charge is 2.47. The van der Waals surface area contributed by atoms with Crippen molar-refractivity contribution in [2.24, 2.45) is 0 Å². The molecular formula is C11H16N2O6. The van der Waals surface area contributed by atoms with Gasteiger partial charge in [-0.25, -0.2) is 4.79 Å². The second-order valence-electron chi connectivity index (χ2n) is 4.47. The van der Waals surface area contributed by atoms with Gasteiger partial charge in [-0.15, -0.1) is 0 Å². The van der Waals surface area contributed by atoms with Crippen LogP contribution in [0.25, 0.3) is 0 Å². The molecule has 1 saturated heterocycles. The molecule has 1 fully saturated rings. The number of methoxy groups -OCH3 is 1. The maximum Gasteiger partial charge on any atom is 0.330 e. The summed E-state index contributed by atoms with van der Waals surface area (Å²) in [4.78, 5) is 25.0. The maximum atomic E-state index is 11.8. The topological polar surface area (TPSA) is 114 Å². The summed E-state index contributed by atoms with van der Waals surface area (Å²) in [7, 11) is 1.43. The van der Waals surface area contributed by atoms with Crippen molar-refractivity contribution in [2.75, 3.05) is 20.3 Å². The van der Waals surface area contributed by atoms with Crippen LogP contribution >= 0.6 is 0 Å². The fourth-order valence-corrected chi connectivity index (χ4v) is 2.31. The first-order valence-corrected chi connectivity index (χ1v) is 5.80. The van der Waals surface area contributed by atoms with Crippen LogP contribution in [-0.4, -0.2) is 52.3 Å². The fourth-order valence-electron chi connectivity index (χ4n) is 2.31. The van der Waals surface area contributed by atoms with E-state index in [2.05, 4.69) is 4.98 Å². The van der Waals surface area contributed by atoms with E-state index in [-0.39, 0.29) is 19.6 Å². The molecule has 19 heavy (non-hydrogen) atoms. The number of rotatable bonds is 4. The summed E-state index contributed by atoms with van der Waals surface area (Å²) in [5.74, 6) is 0. The lowest BCUT2D eigenvalue weighted by Crippen LogP contribution is -2.47. The average molecular weight is 272 g/mol. The molecule has 8 nitrogen and oxygen atoms in total. The highest BCUT2D eigenvalue weighted by molar-refractivity contribution is 4.96. The first-order chi connectivity index (χ1) is 9.02. The van der Waals surface area contributed by atoms with Gasteiger partial charge in [-0.2, -0.15) is 0 Å². The van der Waals surface area contributed by atoms with Crippen molar-refractivity contribution in [1.82, 2.24) is 9.55 Å². The van der Waals surface area contributed by atoms with E-state index < -0.39 is 29.2 Å². The van der Waals surface area contributed by atoms with E-state index in [1.807, 2.05) is 0 Å². The Balaban J connectivity index is 2.46. The van der Waals surface area contributed by atoms with E-state index in [1.165, 1.54) is 19.4 Å². The molecule has 1 aromatic heterocycles. The molecule has 3 N–H and O–H groups in total. The minimum absolute atomic E-state index is 0.00646. The molecule has 0 amide bonds. The van der Waals surface area contributed by atoms with Crippen molar-refractivity contribution in [3.05, 3.63) is 33.1 Å². The number of hydrogen-bond acceptors (Lipinski definition) is 6. The van der Waals surface area contributed by atoms with Crippen molar-refractivity contribution in [3.63, 3.8) is 0 Å². The van der Waals surface area contributed by atoms with Gasteiger partial charge in [0.1, 0.15) is 6.10 Å². The molecule has 0 saturated carbocycles. The highest BCUT2D eigenvalue weighted by Crippen LogP contribution is 2.34. The van der Waals surface area contributed by atoms with Gasteiger partial charge in [0.25, 0.3) is 5.56 Å². The molecule has 0 spiro atoms. The van der Waals surface area contributed by atoms with Crippen LogP contribution < -0.4 is 11.2 Å². The first-order valence-electron chi connectivity index (χ1n) is 5.80. The Morgan fingerprint density at radius 3 is 2.89 bits per heavy atom. The normalized spacial score (nSPS) is 30.7. The fraction of sp³-hybridized carbons (Fsp3) is 0.636. The van der Waals surface area contributed by atoms with Crippen LogP contribution in [0.5, 0.6) is 0 Å². The Morgan fingerprint density at radius 2 is 2.37 bits per heavy atom. The Hall–Kier alpha value is -1.48. The molecule has 0 aliphatic carbocycles. The van der Waals surface area contributed by atoms with Crippen LogP contribution in [0.3, 0.4) is 0 Å². The SMILES string of the molecule is COC[C@]1(n2ccc(=O)[nH]c2=O)C[C@H](O)[C@@H](CO)O1. The Bertz CT molecular complexity index is 553. The monoisotopic (exact) mass is 272 g/mol. The Labute approximate surface area is 108 Å². The molecule has 0 unspecified atom stereocenters. The molecule has 0 bridgehead atoms. The lowest BCUT2D eigenvalue weighted by Gasteiger charge is -2.29. The van der Waals surface area contributed by atoms with E-state index in [9.17, 15) is 14.7 Å². The molecular weight excluding hydrogens is 256 g/mol. The molecule has 8 heteroatoms. The summed E-state index contributed by atoms with van der Waals surface area (Å²) < 4.78 is 11.8.